The first-order valence-electron chi connectivity index (χ1n) is 9.44. The Morgan fingerprint density at radius 3 is 2.64 bits per heavy atom. The molecule has 0 aliphatic carbocycles. The Balaban J connectivity index is 1.43. The maximum Gasteiger partial charge on any atom is 0.224 e. The van der Waals surface area contributed by atoms with Crippen molar-refractivity contribution < 1.29 is 4.79 Å². The molecule has 3 rings (SSSR count). The molecule has 22 heavy (non-hydrogen) atoms. The minimum Gasteiger partial charge on any atom is -0.342 e. The van der Waals surface area contributed by atoms with Crippen LogP contribution in [0.5, 0.6) is 0 Å². The van der Waals surface area contributed by atoms with Crippen molar-refractivity contribution in [2.45, 2.75) is 57.9 Å². The first kappa shape index (κ1) is 16.3. The number of nitrogens with one attached hydrogen (secondary N) is 1. The van der Waals surface area contributed by atoms with Crippen molar-refractivity contribution in [1.82, 2.24) is 15.1 Å². The van der Waals surface area contributed by atoms with E-state index in [1.54, 1.807) is 0 Å². The van der Waals surface area contributed by atoms with E-state index in [2.05, 4.69) is 22.0 Å². The molecule has 3 heterocycles. The van der Waals surface area contributed by atoms with Gasteiger partial charge in [0.15, 0.2) is 0 Å². The largest absolute Gasteiger partial charge is 0.342 e. The van der Waals surface area contributed by atoms with Crippen molar-refractivity contribution in [2.24, 2.45) is 11.8 Å². The molecule has 0 aromatic heterocycles. The molecule has 4 heteroatoms. The summed E-state index contributed by atoms with van der Waals surface area (Å²) in [5, 5.41) is 3.45. The summed E-state index contributed by atoms with van der Waals surface area (Å²) in [6, 6.07) is 0.441. The number of nitrogens with zero attached hydrogens (tertiary/aromatic N) is 2. The van der Waals surface area contributed by atoms with Gasteiger partial charge < -0.3 is 15.1 Å². The lowest BCUT2D eigenvalue weighted by Crippen LogP contribution is -2.46. The molecule has 3 aliphatic rings. The van der Waals surface area contributed by atoms with Gasteiger partial charge in [-0.3, -0.25) is 4.79 Å². The number of rotatable bonds is 4. The average molecular weight is 307 g/mol. The zero-order chi connectivity index (χ0) is 15.4. The second-order valence-electron chi connectivity index (χ2n) is 7.83. The Morgan fingerprint density at radius 1 is 1.09 bits per heavy atom. The fourth-order valence-corrected chi connectivity index (χ4v) is 4.32. The molecule has 4 nitrogen and oxygen atoms in total. The van der Waals surface area contributed by atoms with Crippen LogP contribution in [0, 0.1) is 11.8 Å². The maximum absolute atomic E-state index is 12.5. The molecule has 2 atom stereocenters. The van der Waals surface area contributed by atoms with Crippen molar-refractivity contribution >= 4 is 5.91 Å². The van der Waals surface area contributed by atoms with Crippen LogP contribution in [0.1, 0.15) is 51.9 Å². The highest BCUT2D eigenvalue weighted by Gasteiger charge is 2.28. The first-order valence-corrected chi connectivity index (χ1v) is 9.44. The molecular formula is C18H33N3O. The summed E-state index contributed by atoms with van der Waals surface area (Å²) in [4.78, 5) is 17.3. The zero-order valence-electron chi connectivity index (χ0n) is 14.2. The van der Waals surface area contributed by atoms with Crippen LogP contribution in [0.4, 0.5) is 0 Å². The van der Waals surface area contributed by atoms with E-state index in [-0.39, 0.29) is 0 Å². The van der Waals surface area contributed by atoms with Crippen LogP contribution in [-0.4, -0.2) is 61.0 Å². The molecule has 3 fully saturated rings. The van der Waals surface area contributed by atoms with Crippen molar-refractivity contribution in [1.29, 1.82) is 0 Å². The second-order valence-corrected chi connectivity index (χ2v) is 7.83. The molecule has 0 spiro atoms. The number of carbonyl (C=O) groups is 1. The molecule has 0 radical (unpaired) electrons. The van der Waals surface area contributed by atoms with E-state index >= 15 is 0 Å². The minimum absolute atomic E-state index is 0.386. The number of hydrogen-bond acceptors (Lipinski definition) is 3. The molecule has 3 saturated heterocycles. The van der Waals surface area contributed by atoms with E-state index in [0.29, 0.717) is 24.3 Å². The van der Waals surface area contributed by atoms with Gasteiger partial charge in [0.25, 0.3) is 0 Å². The Labute approximate surface area is 135 Å². The van der Waals surface area contributed by atoms with E-state index in [0.717, 1.165) is 25.6 Å². The molecule has 126 valence electrons. The molecule has 1 amide bonds. The second kappa shape index (κ2) is 7.78. The molecule has 3 aliphatic heterocycles. The standard InChI is InChI=1S/C18H33N3O/c1-15-6-10-20(11-7-15)13-16-4-3-9-21(14-16)18(22)12-17-5-2-8-19-17/h15-17,19H,2-14H2,1H3. The smallest absolute Gasteiger partial charge is 0.224 e. The van der Waals surface area contributed by atoms with Crippen LogP contribution in [0.15, 0.2) is 0 Å². The normalized spacial score (nSPS) is 31.6. The molecular weight excluding hydrogens is 274 g/mol. The maximum atomic E-state index is 12.5. The Hall–Kier alpha value is -0.610. The molecule has 0 saturated carbocycles. The fourth-order valence-electron chi connectivity index (χ4n) is 4.32. The lowest BCUT2D eigenvalue weighted by Gasteiger charge is -2.38. The van der Waals surface area contributed by atoms with E-state index in [9.17, 15) is 4.79 Å². The molecule has 0 bridgehead atoms. The summed E-state index contributed by atoms with van der Waals surface area (Å²) in [5.41, 5.74) is 0. The number of likely N-dealkylation sites (tertiary alicyclic amines) is 2. The molecule has 0 aromatic rings. The van der Waals surface area contributed by atoms with Gasteiger partial charge in [0.1, 0.15) is 0 Å². The Bertz CT molecular complexity index is 359. The minimum atomic E-state index is 0.386. The highest BCUT2D eigenvalue weighted by atomic mass is 16.2. The van der Waals surface area contributed by atoms with Crippen LogP contribution in [-0.2, 0) is 4.79 Å². The van der Waals surface area contributed by atoms with Gasteiger partial charge in [0.05, 0.1) is 0 Å². The monoisotopic (exact) mass is 307 g/mol. The van der Waals surface area contributed by atoms with E-state index in [1.807, 2.05) is 0 Å². The molecule has 1 N–H and O–H groups in total. The number of hydrogen-bond donors (Lipinski definition) is 1. The van der Waals surface area contributed by atoms with Gasteiger partial charge in [-0.15, -0.1) is 0 Å². The third kappa shape index (κ3) is 4.45. The SMILES string of the molecule is CC1CCN(CC2CCCN(C(=O)CC3CCCN3)C2)CC1. The van der Waals surface area contributed by atoms with E-state index < -0.39 is 0 Å². The van der Waals surface area contributed by atoms with Crippen LogP contribution >= 0.6 is 0 Å². The lowest BCUT2D eigenvalue weighted by atomic mass is 9.94. The van der Waals surface area contributed by atoms with Crippen LogP contribution in [0.2, 0.25) is 0 Å². The third-order valence-corrected chi connectivity index (χ3v) is 5.85. The predicted molar refractivity (Wildman–Crippen MR) is 89.8 cm³/mol. The highest BCUT2D eigenvalue weighted by molar-refractivity contribution is 5.77. The quantitative estimate of drug-likeness (QED) is 0.864. The summed E-state index contributed by atoms with van der Waals surface area (Å²) < 4.78 is 0. The van der Waals surface area contributed by atoms with Gasteiger partial charge in [0.2, 0.25) is 5.91 Å². The van der Waals surface area contributed by atoms with Gasteiger partial charge in [-0.2, -0.15) is 0 Å². The summed E-state index contributed by atoms with van der Waals surface area (Å²) in [5.74, 6) is 1.98. The van der Waals surface area contributed by atoms with Crippen LogP contribution in [0.3, 0.4) is 0 Å². The van der Waals surface area contributed by atoms with Gasteiger partial charge in [0, 0.05) is 32.1 Å². The van der Waals surface area contributed by atoms with Crippen molar-refractivity contribution in [3.8, 4) is 0 Å². The van der Waals surface area contributed by atoms with Gasteiger partial charge in [-0.25, -0.2) is 0 Å². The summed E-state index contributed by atoms with van der Waals surface area (Å²) in [6.07, 6.45) is 8.32. The topological polar surface area (TPSA) is 35.6 Å². The highest BCUT2D eigenvalue weighted by Crippen LogP contribution is 2.22. The third-order valence-electron chi connectivity index (χ3n) is 5.85. The number of carbonyl (C=O) groups excluding carboxylic acids is 1. The van der Waals surface area contributed by atoms with Gasteiger partial charge >= 0.3 is 0 Å². The molecule has 2 unspecified atom stereocenters. The lowest BCUT2D eigenvalue weighted by molar-refractivity contribution is -0.133. The fraction of sp³-hybridized carbons (Fsp3) is 0.944. The Kier molecular flexibility index (Phi) is 5.75. The van der Waals surface area contributed by atoms with Gasteiger partial charge in [-0.05, 0) is 70.0 Å². The van der Waals surface area contributed by atoms with Crippen molar-refractivity contribution in [3.63, 3.8) is 0 Å². The van der Waals surface area contributed by atoms with E-state index in [4.69, 9.17) is 0 Å². The van der Waals surface area contributed by atoms with Crippen LogP contribution < -0.4 is 5.32 Å². The average Bonchev–Trinajstić information content (AvgIpc) is 3.03. The summed E-state index contributed by atoms with van der Waals surface area (Å²) in [6.45, 7) is 9.17. The van der Waals surface area contributed by atoms with Gasteiger partial charge in [-0.1, -0.05) is 6.92 Å². The first-order chi connectivity index (χ1) is 10.7. The summed E-state index contributed by atoms with van der Waals surface area (Å²) >= 11 is 0. The predicted octanol–water partition coefficient (Wildman–Crippen LogP) is 2.10. The Morgan fingerprint density at radius 2 is 1.91 bits per heavy atom. The number of piperidine rings is 2. The molecule has 0 aromatic carbocycles. The van der Waals surface area contributed by atoms with Crippen LogP contribution in [0.25, 0.3) is 0 Å². The summed E-state index contributed by atoms with van der Waals surface area (Å²) in [7, 11) is 0. The zero-order valence-corrected chi connectivity index (χ0v) is 14.2. The number of amides is 1. The van der Waals surface area contributed by atoms with E-state index in [1.165, 1.54) is 58.2 Å². The van der Waals surface area contributed by atoms with Crippen molar-refractivity contribution in [3.05, 3.63) is 0 Å². The van der Waals surface area contributed by atoms with Crippen molar-refractivity contribution in [2.75, 3.05) is 39.3 Å².